The van der Waals surface area contributed by atoms with E-state index < -0.39 is 6.10 Å². The van der Waals surface area contributed by atoms with E-state index >= 15 is 0 Å². The fraction of sp³-hybridized carbons (Fsp3) is 0.467. The van der Waals surface area contributed by atoms with Crippen LogP contribution in [0.1, 0.15) is 81.3 Å². The lowest BCUT2D eigenvalue weighted by atomic mass is 10.1. The number of rotatable bonds is 10. The molecule has 2 aromatic carbocycles. The van der Waals surface area contributed by atoms with Crippen molar-refractivity contribution in [2.24, 2.45) is 0 Å². The number of ether oxygens (including phenoxy) is 2. The third kappa shape index (κ3) is 7.04. The van der Waals surface area contributed by atoms with Crippen molar-refractivity contribution in [2.45, 2.75) is 83.6 Å². The number of imidazole rings is 1. The van der Waals surface area contributed by atoms with Crippen molar-refractivity contribution in [1.82, 2.24) is 4.57 Å². The molecule has 35 heavy (non-hydrogen) atoms. The standard InChI is InChI=1S/C30H39N2O3/c1-24(2)29-31(19-20-32(29)23-25-13-7-5-8-14-25)21-22-34-30(33)28(26-15-9-6-10-16-26)35-27-17-11-3-4-12-18-27/h5-10,13-16,19-20,24,27-28H,3-4,11-12,17-18,21-23H2,1-2H3/q+1. The van der Waals surface area contributed by atoms with Gasteiger partial charge in [0.2, 0.25) is 0 Å². The molecule has 0 aliphatic heterocycles. The van der Waals surface area contributed by atoms with Gasteiger partial charge in [-0.15, -0.1) is 0 Å². The van der Waals surface area contributed by atoms with Crippen molar-refractivity contribution in [2.75, 3.05) is 6.61 Å². The van der Waals surface area contributed by atoms with Crippen molar-refractivity contribution >= 4 is 5.97 Å². The third-order valence-electron chi connectivity index (χ3n) is 6.75. The summed E-state index contributed by atoms with van der Waals surface area (Å²) in [6.45, 7) is 6.16. The zero-order valence-electron chi connectivity index (χ0n) is 21.1. The summed E-state index contributed by atoms with van der Waals surface area (Å²) in [7, 11) is 0. The Kier molecular flexibility index (Phi) is 9.13. The highest BCUT2D eigenvalue weighted by molar-refractivity contribution is 5.76. The van der Waals surface area contributed by atoms with E-state index in [1.54, 1.807) is 0 Å². The minimum atomic E-state index is -0.670. The molecule has 1 heterocycles. The summed E-state index contributed by atoms with van der Waals surface area (Å²) in [6, 6.07) is 20.3. The number of carbonyl (C=O) groups is 1. The Morgan fingerprint density at radius 3 is 2.29 bits per heavy atom. The van der Waals surface area contributed by atoms with Crippen LogP contribution in [0, 0.1) is 0 Å². The Morgan fingerprint density at radius 1 is 0.971 bits per heavy atom. The van der Waals surface area contributed by atoms with Crippen molar-refractivity contribution in [3.05, 3.63) is 90.0 Å². The van der Waals surface area contributed by atoms with Crippen LogP contribution in [0.15, 0.2) is 73.1 Å². The first-order valence-corrected chi connectivity index (χ1v) is 13.1. The number of aromatic nitrogens is 2. The van der Waals surface area contributed by atoms with E-state index in [2.05, 4.69) is 59.6 Å². The lowest BCUT2D eigenvalue weighted by Gasteiger charge is -2.23. The molecule has 0 amide bonds. The number of benzene rings is 2. The smallest absolute Gasteiger partial charge is 0.340 e. The second-order valence-corrected chi connectivity index (χ2v) is 9.83. The van der Waals surface area contributed by atoms with Gasteiger partial charge in [0.15, 0.2) is 6.10 Å². The molecule has 0 saturated heterocycles. The summed E-state index contributed by atoms with van der Waals surface area (Å²) in [6.07, 6.45) is 10.5. The van der Waals surface area contributed by atoms with Crippen LogP contribution in [0.5, 0.6) is 0 Å². The maximum atomic E-state index is 13.2. The van der Waals surface area contributed by atoms with Crippen molar-refractivity contribution < 1.29 is 18.8 Å². The average Bonchev–Trinajstić information content (AvgIpc) is 3.08. The Bertz CT molecular complexity index is 1040. The van der Waals surface area contributed by atoms with Gasteiger partial charge in [0.1, 0.15) is 32.1 Å². The largest absolute Gasteiger partial charge is 0.459 e. The van der Waals surface area contributed by atoms with Gasteiger partial charge < -0.3 is 9.47 Å². The van der Waals surface area contributed by atoms with Crippen LogP contribution in [0.25, 0.3) is 0 Å². The molecule has 1 aliphatic carbocycles. The summed E-state index contributed by atoms with van der Waals surface area (Å²) < 4.78 is 16.7. The summed E-state index contributed by atoms with van der Waals surface area (Å²) >= 11 is 0. The molecule has 0 N–H and O–H groups in total. The Hall–Kier alpha value is -2.92. The van der Waals surface area contributed by atoms with Crippen LogP contribution < -0.4 is 4.57 Å². The van der Waals surface area contributed by atoms with Crippen molar-refractivity contribution in [1.29, 1.82) is 0 Å². The van der Waals surface area contributed by atoms with E-state index in [1.165, 1.54) is 24.2 Å². The van der Waals surface area contributed by atoms with Gasteiger partial charge >= 0.3 is 5.97 Å². The molecule has 1 unspecified atom stereocenters. The molecule has 5 nitrogen and oxygen atoms in total. The van der Waals surface area contributed by atoms with Crippen LogP contribution in [-0.4, -0.2) is 23.2 Å². The van der Waals surface area contributed by atoms with Crippen molar-refractivity contribution in [3.8, 4) is 0 Å². The van der Waals surface area contributed by atoms with Gasteiger partial charge in [-0.3, -0.25) is 0 Å². The first-order chi connectivity index (χ1) is 17.1. The zero-order chi connectivity index (χ0) is 24.5. The minimum Gasteiger partial charge on any atom is -0.459 e. The maximum Gasteiger partial charge on any atom is 0.340 e. The number of hydrogen-bond donors (Lipinski definition) is 0. The molecule has 186 valence electrons. The summed E-state index contributed by atoms with van der Waals surface area (Å²) in [5.41, 5.74) is 2.14. The number of carbonyl (C=O) groups excluding carboxylic acids is 1. The molecule has 1 aromatic heterocycles. The summed E-state index contributed by atoms with van der Waals surface area (Å²) in [4.78, 5) is 13.2. The first-order valence-electron chi connectivity index (χ1n) is 13.1. The van der Waals surface area contributed by atoms with Crippen LogP contribution in [-0.2, 0) is 27.4 Å². The fourth-order valence-corrected chi connectivity index (χ4v) is 5.03. The second kappa shape index (κ2) is 12.7. The van der Waals surface area contributed by atoms with E-state index in [9.17, 15) is 4.79 Å². The number of hydrogen-bond acceptors (Lipinski definition) is 3. The highest BCUT2D eigenvalue weighted by atomic mass is 16.6. The summed E-state index contributed by atoms with van der Waals surface area (Å²) in [5, 5.41) is 0. The molecule has 1 fully saturated rings. The van der Waals surface area contributed by atoms with Gasteiger partial charge in [0, 0.05) is 0 Å². The Balaban J connectivity index is 1.40. The number of esters is 1. The quantitative estimate of drug-likeness (QED) is 0.206. The molecule has 1 aliphatic rings. The Morgan fingerprint density at radius 2 is 1.63 bits per heavy atom. The van der Waals surface area contributed by atoms with Crippen LogP contribution in [0.3, 0.4) is 0 Å². The monoisotopic (exact) mass is 475 g/mol. The lowest BCUT2D eigenvalue weighted by Crippen LogP contribution is -2.38. The van der Waals surface area contributed by atoms with Gasteiger partial charge in [-0.05, 0) is 24.0 Å². The first kappa shape index (κ1) is 25.2. The van der Waals surface area contributed by atoms with Gasteiger partial charge in [0.05, 0.1) is 12.0 Å². The van der Waals surface area contributed by atoms with Gasteiger partial charge in [-0.1, -0.05) is 100 Å². The van der Waals surface area contributed by atoms with Gasteiger partial charge in [-0.25, -0.2) is 13.9 Å². The molecule has 1 saturated carbocycles. The molecular formula is C30H39N2O3+. The average molecular weight is 476 g/mol. The van der Waals surface area contributed by atoms with Crippen LogP contribution >= 0.6 is 0 Å². The van der Waals surface area contributed by atoms with Crippen LogP contribution in [0.2, 0.25) is 0 Å². The fourth-order valence-electron chi connectivity index (χ4n) is 5.03. The molecule has 0 bridgehead atoms. The molecule has 4 rings (SSSR count). The topological polar surface area (TPSA) is 44.3 Å². The Labute approximate surface area is 209 Å². The van der Waals surface area contributed by atoms with E-state index in [1.807, 2.05) is 36.4 Å². The van der Waals surface area contributed by atoms with E-state index in [0.29, 0.717) is 19.1 Å². The number of nitrogens with zero attached hydrogens (tertiary/aromatic N) is 2. The van der Waals surface area contributed by atoms with E-state index in [4.69, 9.17) is 9.47 Å². The highest BCUT2D eigenvalue weighted by Gasteiger charge is 2.28. The lowest BCUT2D eigenvalue weighted by molar-refractivity contribution is -0.696. The van der Waals surface area contributed by atoms with Gasteiger partial charge in [-0.2, -0.15) is 0 Å². The molecule has 0 radical (unpaired) electrons. The zero-order valence-corrected chi connectivity index (χ0v) is 21.1. The highest BCUT2D eigenvalue weighted by Crippen LogP contribution is 2.27. The van der Waals surface area contributed by atoms with Crippen molar-refractivity contribution in [3.63, 3.8) is 0 Å². The minimum absolute atomic E-state index is 0.115. The maximum absolute atomic E-state index is 13.2. The molecular weight excluding hydrogens is 436 g/mol. The molecule has 5 heteroatoms. The van der Waals surface area contributed by atoms with E-state index in [-0.39, 0.29) is 12.1 Å². The van der Waals surface area contributed by atoms with Gasteiger partial charge in [0.25, 0.3) is 5.82 Å². The SMILES string of the molecule is CC(C)c1n(CCOC(=O)C(OC2CCCCCC2)c2ccccc2)cc[n+]1Cc1ccccc1. The van der Waals surface area contributed by atoms with Crippen LogP contribution in [0.4, 0.5) is 0 Å². The predicted octanol–water partition coefficient (Wildman–Crippen LogP) is 5.97. The molecule has 1 atom stereocenters. The molecule has 0 spiro atoms. The normalized spacial score (nSPS) is 15.6. The molecule has 3 aromatic rings. The van der Waals surface area contributed by atoms with E-state index in [0.717, 1.165) is 37.8 Å². The predicted molar refractivity (Wildman–Crippen MR) is 137 cm³/mol. The summed E-state index contributed by atoms with van der Waals surface area (Å²) in [5.74, 6) is 1.27. The third-order valence-corrected chi connectivity index (χ3v) is 6.75. The second-order valence-electron chi connectivity index (χ2n) is 9.83.